The number of alkyl halides is 3. The second kappa shape index (κ2) is 4.56. The number of hydrogen-bond acceptors (Lipinski definition) is 3. The van der Waals surface area contributed by atoms with Crippen LogP contribution in [0.25, 0.3) is 0 Å². The number of nitrogens with two attached hydrogens (primary N) is 1. The van der Waals surface area contributed by atoms with Gasteiger partial charge in [-0.05, 0) is 0 Å². The van der Waals surface area contributed by atoms with E-state index in [1.54, 1.807) is 0 Å². The fourth-order valence-corrected chi connectivity index (χ4v) is 1.29. The van der Waals surface area contributed by atoms with Gasteiger partial charge in [-0.3, -0.25) is 4.21 Å². The van der Waals surface area contributed by atoms with Gasteiger partial charge in [-0.15, -0.1) is 0 Å². The summed E-state index contributed by atoms with van der Waals surface area (Å²) in [6.45, 7) is 0. The first-order chi connectivity index (χ1) is 5.73. The standard InChI is InChI=1S/C3H7NOS.C2HF3O2/c4-3-1-6(5)2-3;3-2(4,5)1(6)7/h3H,1-2,4H2;(H,6,7). The molecule has 0 aromatic carbocycles. The molecule has 0 atom stereocenters. The average molecular weight is 219 g/mol. The molecule has 78 valence electrons. The van der Waals surface area contributed by atoms with Crippen molar-refractivity contribution in [1.82, 2.24) is 0 Å². The molecule has 1 rings (SSSR count). The van der Waals surface area contributed by atoms with Crippen molar-refractivity contribution in [3.8, 4) is 0 Å². The average Bonchev–Trinajstić information content (AvgIpc) is 1.84. The van der Waals surface area contributed by atoms with Crippen molar-refractivity contribution >= 4 is 16.8 Å². The summed E-state index contributed by atoms with van der Waals surface area (Å²) in [6.07, 6.45) is -5.08. The Morgan fingerprint density at radius 2 is 1.77 bits per heavy atom. The maximum absolute atomic E-state index is 10.6. The minimum Gasteiger partial charge on any atom is -0.475 e. The predicted molar refractivity (Wildman–Crippen MR) is 39.5 cm³/mol. The highest BCUT2D eigenvalue weighted by atomic mass is 32.2. The zero-order valence-electron chi connectivity index (χ0n) is 6.37. The Labute approximate surface area is 74.4 Å². The third kappa shape index (κ3) is 5.58. The van der Waals surface area contributed by atoms with Gasteiger partial charge in [0.15, 0.2) is 0 Å². The van der Waals surface area contributed by atoms with E-state index < -0.39 is 22.9 Å². The molecular weight excluding hydrogens is 211 g/mol. The molecule has 3 N–H and O–H groups in total. The van der Waals surface area contributed by atoms with Gasteiger partial charge in [0.25, 0.3) is 0 Å². The van der Waals surface area contributed by atoms with Crippen molar-refractivity contribution in [2.24, 2.45) is 5.73 Å². The van der Waals surface area contributed by atoms with Crippen LogP contribution in [-0.2, 0) is 15.6 Å². The van der Waals surface area contributed by atoms with Gasteiger partial charge in [-0.25, -0.2) is 4.79 Å². The SMILES string of the molecule is NC1CS(=O)C1.O=C(O)C(F)(F)F. The Balaban J connectivity index is 0.000000223. The van der Waals surface area contributed by atoms with Gasteiger partial charge in [0.05, 0.1) is 0 Å². The maximum atomic E-state index is 10.6. The summed E-state index contributed by atoms with van der Waals surface area (Å²) in [5.74, 6) is -1.31. The molecular formula is C5H8F3NO3S. The molecule has 0 amide bonds. The summed E-state index contributed by atoms with van der Waals surface area (Å²) in [6, 6.07) is 0.242. The van der Waals surface area contributed by atoms with Crippen LogP contribution in [0.15, 0.2) is 0 Å². The first-order valence-corrected chi connectivity index (χ1v) is 4.63. The number of hydrogen-bond donors (Lipinski definition) is 2. The van der Waals surface area contributed by atoms with Crippen LogP contribution in [0.5, 0.6) is 0 Å². The third-order valence-electron chi connectivity index (χ3n) is 1.04. The van der Waals surface area contributed by atoms with E-state index in [9.17, 15) is 17.4 Å². The first kappa shape index (κ1) is 12.4. The van der Waals surface area contributed by atoms with E-state index in [1.807, 2.05) is 0 Å². The van der Waals surface area contributed by atoms with E-state index >= 15 is 0 Å². The molecule has 1 aliphatic heterocycles. The van der Waals surface area contributed by atoms with Gasteiger partial charge in [0.1, 0.15) is 0 Å². The number of halogens is 3. The maximum Gasteiger partial charge on any atom is 0.490 e. The molecule has 0 aromatic rings. The molecule has 0 bridgehead atoms. The molecule has 0 saturated carbocycles. The molecule has 0 radical (unpaired) electrons. The van der Waals surface area contributed by atoms with E-state index in [0.717, 1.165) is 11.5 Å². The second-order valence-electron chi connectivity index (χ2n) is 2.34. The van der Waals surface area contributed by atoms with Gasteiger partial charge in [0, 0.05) is 28.3 Å². The van der Waals surface area contributed by atoms with Crippen LogP contribution >= 0.6 is 0 Å². The molecule has 0 spiro atoms. The molecule has 0 unspecified atom stereocenters. The van der Waals surface area contributed by atoms with Crippen molar-refractivity contribution in [1.29, 1.82) is 0 Å². The van der Waals surface area contributed by atoms with Crippen LogP contribution in [0.4, 0.5) is 13.2 Å². The van der Waals surface area contributed by atoms with Gasteiger partial charge in [-0.1, -0.05) is 0 Å². The molecule has 0 aromatic heterocycles. The van der Waals surface area contributed by atoms with Crippen molar-refractivity contribution < 1.29 is 27.3 Å². The van der Waals surface area contributed by atoms with Crippen LogP contribution in [0, 0.1) is 0 Å². The van der Waals surface area contributed by atoms with Crippen molar-refractivity contribution in [3.05, 3.63) is 0 Å². The van der Waals surface area contributed by atoms with Gasteiger partial charge in [-0.2, -0.15) is 13.2 Å². The molecule has 0 aliphatic carbocycles. The van der Waals surface area contributed by atoms with Crippen LogP contribution in [0.2, 0.25) is 0 Å². The summed E-state index contributed by atoms with van der Waals surface area (Å²) >= 11 is 0. The van der Waals surface area contributed by atoms with E-state index in [0.29, 0.717) is 0 Å². The summed E-state index contributed by atoms with van der Waals surface area (Å²) in [4.78, 5) is 8.90. The second-order valence-corrected chi connectivity index (χ2v) is 3.88. The molecule has 13 heavy (non-hydrogen) atoms. The summed E-state index contributed by atoms with van der Waals surface area (Å²) < 4.78 is 41.9. The van der Waals surface area contributed by atoms with E-state index in [1.165, 1.54) is 0 Å². The van der Waals surface area contributed by atoms with Gasteiger partial charge >= 0.3 is 12.1 Å². The summed E-state index contributed by atoms with van der Waals surface area (Å²) in [5, 5.41) is 7.12. The lowest BCUT2D eigenvalue weighted by Crippen LogP contribution is -2.43. The molecule has 1 aliphatic rings. The van der Waals surface area contributed by atoms with Gasteiger partial charge < -0.3 is 10.8 Å². The van der Waals surface area contributed by atoms with Crippen molar-refractivity contribution in [2.45, 2.75) is 12.2 Å². The minimum atomic E-state index is -5.08. The van der Waals surface area contributed by atoms with E-state index in [4.69, 9.17) is 15.6 Å². The smallest absolute Gasteiger partial charge is 0.475 e. The zero-order valence-corrected chi connectivity index (χ0v) is 7.19. The summed E-state index contributed by atoms with van der Waals surface area (Å²) in [5.41, 5.74) is 5.28. The highest BCUT2D eigenvalue weighted by Gasteiger charge is 2.38. The molecule has 8 heteroatoms. The first-order valence-electron chi connectivity index (χ1n) is 3.14. The van der Waals surface area contributed by atoms with Crippen LogP contribution in [-0.4, -0.2) is 39.0 Å². The third-order valence-corrected chi connectivity index (χ3v) is 2.64. The fraction of sp³-hybridized carbons (Fsp3) is 0.800. The van der Waals surface area contributed by atoms with E-state index in [-0.39, 0.29) is 6.04 Å². The number of carboxylic acid groups (broad SMARTS) is 1. The minimum absolute atomic E-state index is 0.242. The Bertz CT molecular complexity index is 210. The Morgan fingerprint density at radius 3 is 1.77 bits per heavy atom. The number of rotatable bonds is 0. The lowest BCUT2D eigenvalue weighted by molar-refractivity contribution is -0.192. The zero-order chi connectivity index (χ0) is 10.6. The Hall–Kier alpha value is -0.630. The number of aliphatic carboxylic acids is 1. The highest BCUT2D eigenvalue weighted by molar-refractivity contribution is 7.86. The molecule has 1 saturated heterocycles. The molecule has 1 fully saturated rings. The number of carboxylic acids is 1. The largest absolute Gasteiger partial charge is 0.490 e. The van der Waals surface area contributed by atoms with E-state index in [2.05, 4.69) is 0 Å². The lowest BCUT2D eigenvalue weighted by Gasteiger charge is -2.18. The monoisotopic (exact) mass is 219 g/mol. The predicted octanol–water partition coefficient (Wildman–Crippen LogP) is -0.291. The van der Waals surface area contributed by atoms with Crippen LogP contribution < -0.4 is 5.73 Å². The highest BCUT2D eigenvalue weighted by Crippen LogP contribution is 2.13. The molecule has 4 nitrogen and oxygen atoms in total. The lowest BCUT2D eigenvalue weighted by atomic mass is 10.4. The normalized spacial score (nSPS) is 26.8. The topological polar surface area (TPSA) is 80.4 Å². The van der Waals surface area contributed by atoms with Crippen molar-refractivity contribution in [2.75, 3.05) is 11.5 Å². The quantitative estimate of drug-likeness (QED) is 0.586. The molecule has 1 heterocycles. The summed E-state index contributed by atoms with van der Waals surface area (Å²) in [7, 11) is -0.547. The Morgan fingerprint density at radius 1 is 1.46 bits per heavy atom. The number of carbonyl (C=O) groups is 1. The fourth-order valence-electron chi connectivity index (χ4n) is 0.429. The van der Waals surface area contributed by atoms with Crippen LogP contribution in [0.1, 0.15) is 0 Å². The Kier molecular flexibility index (Phi) is 4.34. The van der Waals surface area contributed by atoms with Gasteiger partial charge in [0.2, 0.25) is 0 Å². The van der Waals surface area contributed by atoms with Crippen LogP contribution in [0.3, 0.4) is 0 Å². The van der Waals surface area contributed by atoms with Crippen molar-refractivity contribution in [3.63, 3.8) is 0 Å².